The molecular formula is C32H40F2N4O8S. The van der Waals surface area contributed by atoms with E-state index in [9.17, 15) is 31.9 Å². The van der Waals surface area contributed by atoms with Gasteiger partial charge in [-0.3, -0.25) is 4.79 Å². The Kier molecular flexibility index (Phi) is 8.73. The summed E-state index contributed by atoms with van der Waals surface area (Å²) < 4.78 is 69.0. The van der Waals surface area contributed by atoms with E-state index >= 15 is 0 Å². The first-order valence-corrected chi connectivity index (χ1v) is 17.0. The Morgan fingerprint density at radius 2 is 1.72 bits per heavy atom. The molecule has 1 atom stereocenters. The molecule has 0 spiro atoms. The van der Waals surface area contributed by atoms with Crippen molar-refractivity contribution in [3.05, 3.63) is 53.7 Å². The number of carbonyl (C=O) groups excluding carboxylic acids is 2. The molecule has 1 fully saturated rings. The monoisotopic (exact) mass is 678 g/mol. The van der Waals surface area contributed by atoms with E-state index in [2.05, 4.69) is 24.8 Å². The number of aromatic nitrogens is 1. The summed E-state index contributed by atoms with van der Waals surface area (Å²) in [4.78, 5) is 26.0. The SMILES string of the molecule is CC(C)(C)OC(=O)NCC(C)(C)c1cc2cc(NC(=O)C3(c4ccc5c(c4)OC(F)(F)O5)CC3)ccc2n1CC(O)CNS(C)(=O)=O. The molecule has 4 N–H and O–H groups in total. The molecule has 1 aliphatic heterocycles. The number of hydrogen-bond acceptors (Lipinski definition) is 8. The van der Waals surface area contributed by atoms with Crippen LogP contribution in [0, 0.1) is 0 Å². The molecule has 256 valence electrons. The van der Waals surface area contributed by atoms with Gasteiger partial charge in [-0.2, -0.15) is 0 Å². The second-order valence-corrected chi connectivity index (χ2v) is 15.6. The highest BCUT2D eigenvalue weighted by Gasteiger charge is 2.53. The topological polar surface area (TPSA) is 157 Å². The molecule has 2 amide bonds. The van der Waals surface area contributed by atoms with Gasteiger partial charge in [0.2, 0.25) is 15.9 Å². The summed E-state index contributed by atoms with van der Waals surface area (Å²) in [7, 11) is -3.53. The van der Waals surface area contributed by atoms with E-state index < -0.39 is 44.9 Å². The first kappa shape index (κ1) is 34.4. The van der Waals surface area contributed by atoms with Crippen molar-refractivity contribution in [3.8, 4) is 11.5 Å². The minimum atomic E-state index is -3.76. The lowest BCUT2D eigenvalue weighted by Crippen LogP contribution is -2.41. The summed E-state index contributed by atoms with van der Waals surface area (Å²) in [5, 5.41) is 17.3. The average molecular weight is 679 g/mol. The number of alkyl carbamates (subject to hydrolysis) is 1. The van der Waals surface area contributed by atoms with Gasteiger partial charge in [0, 0.05) is 40.8 Å². The van der Waals surface area contributed by atoms with Crippen molar-refractivity contribution in [1.29, 1.82) is 0 Å². The molecule has 1 unspecified atom stereocenters. The van der Waals surface area contributed by atoms with Gasteiger partial charge in [-0.15, -0.1) is 8.78 Å². The standard InChI is InChI=1S/C32H40F2N4O8S/c1-29(2,3)46-28(41)35-18-30(4,5)26-14-19-13-21(8-9-23(19)38(26)17-22(39)16-36-47(6,42)43)37-27(40)31(11-12-31)20-7-10-24-25(15-20)45-32(33,34)44-24/h7-10,13-15,22,36,39H,11-12,16-18H2,1-6H3,(H,35,41)(H,37,40). The lowest BCUT2D eigenvalue weighted by atomic mass is 9.89. The molecule has 12 nitrogen and oxygen atoms in total. The Balaban J connectivity index is 1.40. The van der Waals surface area contributed by atoms with Crippen LogP contribution >= 0.6 is 0 Å². The second-order valence-electron chi connectivity index (χ2n) is 13.8. The Morgan fingerprint density at radius 1 is 1.04 bits per heavy atom. The third kappa shape index (κ3) is 7.96. The van der Waals surface area contributed by atoms with Gasteiger partial charge in [0.15, 0.2) is 11.5 Å². The van der Waals surface area contributed by atoms with Gasteiger partial charge >= 0.3 is 12.4 Å². The number of ether oxygens (including phenoxy) is 3. The quantitative estimate of drug-likeness (QED) is 0.233. The molecule has 3 aromatic rings. The van der Waals surface area contributed by atoms with Gasteiger partial charge in [-0.1, -0.05) is 19.9 Å². The van der Waals surface area contributed by atoms with E-state index in [-0.39, 0.29) is 37.0 Å². The number of benzene rings is 2. The van der Waals surface area contributed by atoms with E-state index in [1.54, 1.807) is 45.0 Å². The summed E-state index contributed by atoms with van der Waals surface area (Å²) in [5.74, 6) is -0.520. The summed E-state index contributed by atoms with van der Waals surface area (Å²) >= 11 is 0. The minimum absolute atomic E-state index is 0.0369. The molecule has 0 bridgehead atoms. The van der Waals surface area contributed by atoms with Crippen LogP contribution in [0.5, 0.6) is 11.5 Å². The lowest BCUT2D eigenvalue weighted by molar-refractivity contribution is -0.286. The molecule has 0 radical (unpaired) electrons. The third-order valence-electron chi connectivity index (χ3n) is 8.04. The first-order valence-electron chi connectivity index (χ1n) is 15.1. The third-order valence-corrected chi connectivity index (χ3v) is 8.73. The summed E-state index contributed by atoms with van der Waals surface area (Å²) in [5.41, 5.74) is 0.207. The van der Waals surface area contributed by atoms with E-state index in [1.807, 2.05) is 24.5 Å². The molecule has 1 saturated carbocycles. The van der Waals surface area contributed by atoms with Crippen LogP contribution in [0.3, 0.4) is 0 Å². The van der Waals surface area contributed by atoms with E-state index in [4.69, 9.17) is 4.74 Å². The molecule has 1 aliphatic carbocycles. The number of amides is 2. The predicted octanol–water partition coefficient (Wildman–Crippen LogP) is 4.35. The number of rotatable bonds is 11. The Bertz CT molecular complexity index is 1810. The first-order chi connectivity index (χ1) is 21.7. The maximum absolute atomic E-state index is 13.6. The van der Waals surface area contributed by atoms with E-state index in [0.717, 1.165) is 17.3 Å². The zero-order valence-corrected chi connectivity index (χ0v) is 27.9. The lowest BCUT2D eigenvalue weighted by Gasteiger charge is -2.29. The molecule has 2 aliphatic rings. The van der Waals surface area contributed by atoms with Crippen LogP contribution in [0.4, 0.5) is 19.3 Å². The molecule has 0 saturated heterocycles. The fraction of sp³-hybridized carbons (Fsp3) is 0.500. The number of nitrogens with zero attached hydrogens (tertiary/aromatic N) is 1. The number of aliphatic hydroxyl groups excluding tert-OH is 1. The van der Waals surface area contributed by atoms with Gasteiger partial charge in [0.25, 0.3) is 0 Å². The highest BCUT2D eigenvalue weighted by atomic mass is 32.2. The molecule has 1 aromatic heterocycles. The number of carbonyl (C=O) groups is 2. The number of hydrogen-bond donors (Lipinski definition) is 4. The Hall–Kier alpha value is -3.95. The maximum atomic E-state index is 13.6. The number of sulfonamides is 1. The molecule has 2 aromatic carbocycles. The van der Waals surface area contributed by atoms with Crippen LogP contribution < -0.4 is 24.8 Å². The van der Waals surface area contributed by atoms with Crippen molar-refractivity contribution in [2.24, 2.45) is 0 Å². The van der Waals surface area contributed by atoms with Crippen LogP contribution in [0.25, 0.3) is 10.9 Å². The van der Waals surface area contributed by atoms with E-state index in [1.165, 1.54) is 12.1 Å². The van der Waals surface area contributed by atoms with Crippen LogP contribution in [-0.2, 0) is 36.9 Å². The maximum Gasteiger partial charge on any atom is 0.586 e. The fourth-order valence-electron chi connectivity index (χ4n) is 5.60. The summed E-state index contributed by atoms with van der Waals surface area (Å²) in [6.45, 7) is 9.13. The molecular weight excluding hydrogens is 638 g/mol. The van der Waals surface area contributed by atoms with Crippen LogP contribution in [0.2, 0.25) is 0 Å². The number of fused-ring (bicyclic) bond motifs is 2. The molecule has 5 rings (SSSR count). The van der Waals surface area contributed by atoms with Crippen molar-refractivity contribution in [2.75, 3.05) is 24.7 Å². The Morgan fingerprint density at radius 3 is 2.36 bits per heavy atom. The molecule has 47 heavy (non-hydrogen) atoms. The largest absolute Gasteiger partial charge is 0.586 e. The smallest absolute Gasteiger partial charge is 0.444 e. The van der Waals surface area contributed by atoms with Crippen molar-refractivity contribution < 1.29 is 46.1 Å². The van der Waals surface area contributed by atoms with E-state index in [0.29, 0.717) is 29.6 Å². The zero-order valence-electron chi connectivity index (χ0n) is 27.1. The fourth-order valence-corrected chi connectivity index (χ4v) is 6.09. The van der Waals surface area contributed by atoms with Crippen molar-refractivity contribution in [3.63, 3.8) is 0 Å². The van der Waals surface area contributed by atoms with Gasteiger partial charge in [-0.25, -0.2) is 17.9 Å². The number of nitrogens with one attached hydrogen (secondary N) is 3. The van der Waals surface area contributed by atoms with Gasteiger partial charge < -0.3 is 34.5 Å². The number of aliphatic hydroxyl groups is 1. The minimum Gasteiger partial charge on any atom is -0.444 e. The second kappa shape index (κ2) is 11.9. The number of anilines is 1. The van der Waals surface area contributed by atoms with Gasteiger partial charge in [0.1, 0.15) is 5.60 Å². The van der Waals surface area contributed by atoms with Crippen molar-refractivity contribution >= 4 is 38.6 Å². The highest BCUT2D eigenvalue weighted by Crippen LogP contribution is 2.52. The number of halogens is 2. The Labute approximate surface area is 271 Å². The highest BCUT2D eigenvalue weighted by molar-refractivity contribution is 7.88. The van der Waals surface area contributed by atoms with Crippen molar-refractivity contribution in [2.45, 2.75) is 82.8 Å². The van der Waals surface area contributed by atoms with Gasteiger partial charge in [0.05, 0.1) is 24.3 Å². The van der Waals surface area contributed by atoms with Crippen LogP contribution in [0.1, 0.15) is 58.7 Å². The summed E-state index contributed by atoms with van der Waals surface area (Å²) in [6, 6.07) is 11.5. The normalized spacial score (nSPS) is 17.3. The van der Waals surface area contributed by atoms with Crippen molar-refractivity contribution in [1.82, 2.24) is 14.6 Å². The average Bonchev–Trinajstić information content (AvgIpc) is 3.58. The predicted molar refractivity (Wildman–Crippen MR) is 170 cm³/mol. The zero-order chi connectivity index (χ0) is 34.6. The molecule has 15 heteroatoms. The van der Waals surface area contributed by atoms with Gasteiger partial charge in [-0.05, 0) is 75.6 Å². The summed E-state index contributed by atoms with van der Waals surface area (Å²) in [6.07, 6.45) is -3.36. The number of alkyl halides is 2. The van der Waals surface area contributed by atoms with Crippen LogP contribution in [-0.4, -0.2) is 67.4 Å². The molecule has 2 heterocycles. The van der Waals surface area contributed by atoms with Crippen LogP contribution in [0.15, 0.2) is 42.5 Å².